The van der Waals surface area contributed by atoms with Gasteiger partial charge in [-0.1, -0.05) is 19.8 Å². The number of nitrogens with zero attached hydrogens (tertiary/aromatic N) is 3. The molecule has 1 atom stereocenters. The van der Waals surface area contributed by atoms with Crippen LogP contribution in [-0.4, -0.2) is 14.5 Å². The van der Waals surface area contributed by atoms with Gasteiger partial charge in [0.25, 0.3) is 0 Å². The first-order valence-electron chi connectivity index (χ1n) is 8.01. The summed E-state index contributed by atoms with van der Waals surface area (Å²) in [5, 5.41) is -0.0815. The first kappa shape index (κ1) is 14.8. The highest BCUT2D eigenvalue weighted by atomic mass is 35.5. The van der Waals surface area contributed by atoms with Crippen LogP contribution in [0.4, 0.5) is 0 Å². The molecular weight excluding hydrogens is 282 g/mol. The number of aryl methyl sites for hydroxylation is 1. The van der Waals surface area contributed by atoms with E-state index >= 15 is 0 Å². The molecule has 0 saturated heterocycles. The monoisotopic (exact) mass is 305 g/mol. The minimum Gasteiger partial charge on any atom is -0.311 e. The van der Waals surface area contributed by atoms with Crippen LogP contribution in [0.15, 0.2) is 12.3 Å². The van der Waals surface area contributed by atoms with Gasteiger partial charge >= 0.3 is 0 Å². The second-order valence-corrected chi connectivity index (χ2v) is 7.33. The Labute approximate surface area is 131 Å². The molecule has 0 amide bonds. The van der Waals surface area contributed by atoms with E-state index in [1.807, 2.05) is 13.1 Å². The quantitative estimate of drug-likeness (QED) is 0.758. The number of alkyl halides is 1. The molecule has 3 rings (SSSR count). The van der Waals surface area contributed by atoms with Crippen molar-refractivity contribution in [2.45, 2.75) is 58.4 Å². The van der Waals surface area contributed by atoms with Gasteiger partial charge in [0.05, 0.1) is 5.38 Å². The molecule has 3 nitrogen and oxygen atoms in total. The van der Waals surface area contributed by atoms with Crippen molar-refractivity contribution >= 4 is 22.8 Å². The predicted molar refractivity (Wildman–Crippen MR) is 87.7 cm³/mol. The third-order valence-corrected chi connectivity index (χ3v) is 4.88. The van der Waals surface area contributed by atoms with Crippen LogP contribution in [0.25, 0.3) is 11.2 Å². The zero-order chi connectivity index (χ0) is 15.0. The van der Waals surface area contributed by atoms with E-state index in [-0.39, 0.29) is 5.38 Å². The number of aromatic nitrogens is 3. The first-order valence-corrected chi connectivity index (χ1v) is 8.45. The van der Waals surface area contributed by atoms with Crippen molar-refractivity contribution in [1.29, 1.82) is 0 Å². The zero-order valence-electron chi connectivity index (χ0n) is 13.1. The topological polar surface area (TPSA) is 30.7 Å². The average Bonchev–Trinajstić information content (AvgIpc) is 2.79. The molecule has 2 heterocycles. The summed E-state index contributed by atoms with van der Waals surface area (Å²) in [6.45, 7) is 7.41. The molecule has 21 heavy (non-hydrogen) atoms. The van der Waals surface area contributed by atoms with E-state index in [9.17, 15) is 0 Å². The molecule has 2 aromatic rings. The molecule has 1 unspecified atom stereocenters. The Morgan fingerprint density at radius 1 is 1.33 bits per heavy atom. The number of hydrogen-bond donors (Lipinski definition) is 0. The van der Waals surface area contributed by atoms with Crippen molar-refractivity contribution < 1.29 is 0 Å². The summed E-state index contributed by atoms with van der Waals surface area (Å²) >= 11 is 6.35. The summed E-state index contributed by atoms with van der Waals surface area (Å²) in [6.07, 6.45) is 7.23. The highest BCUT2D eigenvalue weighted by Crippen LogP contribution is 2.32. The fraction of sp³-hybridized carbons (Fsp3) is 0.647. The van der Waals surface area contributed by atoms with Gasteiger partial charge in [-0.05, 0) is 50.2 Å². The summed E-state index contributed by atoms with van der Waals surface area (Å²) in [5.74, 6) is 2.58. The second kappa shape index (κ2) is 5.96. The second-order valence-electron chi connectivity index (χ2n) is 6.68. The smallest absolute Gasteiger partial charge is 0.160 e. The Morgan fingerprint density at radius 3 is 2.71 bits per heavy atom. The lowest BCUT2D eigenvalue weighted by Gasteiger charge is -2.27. The molecule has 0 spiro atoms. The van der Waals surface area contributed by atoms with Crippen LogP contribution in [0.1, 0.15) is 56.3 Å². The Kier molecular flexibility index (Phi) is 4.21. The van der Waals surface area contributed by atoms with Gasteiger partial charge in [0.1, 0.15) is 11.3 Å². The van der Waals surface area contributed by atoms with Crippen molar-refractivity contribution in [2.75, 3.05) is 0 Å². The highest BCUT2D eigenvalue weighted by Gasteiger charge is 2.22. The van der Waals surface area contributed by atoms with Gasteiger partial charge in [0, 0.05) is 12.7 Å². The Morgan fingerprint density at radius 2 is 2.05 bits per heavy atom. The lowest BCUT2D eigenvalue weighted by atomic mass is 9.83. The van der Waals surface area contributed by atoms with Gasteiger partial charge in [-0.25, -0.2) is 9.97 Å². The molecule has 114 valence electrons. The van der Waals surface area contributed by atoms with Crippen LogP contribution < -0.4 is 0 Å². The normalized spacial score (nSPS) is 24.4. The van der Waals surface area contributed by atoms with E-state index in [0.29, 0.717) is 0 Å². The summed E-state index contributed by atoms with van der Waals surface area (Å²) in [5.41, 5.74) is 3.11. The van der Waals surface area contributed by atoms with Gasteiger partial charge in [-0.15, -0.1) is 11.6 Å². The Hall–Kier alpha value is -1.09. The van der Waals surface area contributed by atoms with Gasteiger partial charge in [0.15, 0.2) is 5.65 Å². The number of hydrogen-bond acceptors (Lipinski definition) is 2. The number of imidazole rings is 1. The fourth-order valence-electron chi connectivity index (χ4n) is 3.38. The number of pyridine rings is 1. The summed E-state index contributed by atoms with van der Waals surface area (Å²) in [7, 11) is 0. The van der Waals surface area contributed by atoms with E-state index in [2.05, 4.69) is 29.5 Å². The van der Waals surface area contributed by atoms with E-state index in [0.717, 1.165) is 40.9 Å². The molecule has 2 aromatic heterocycles. The zero-order valence-corrected chi connectivity index (χ0v) is 13.9. The third-order valence-electron chi connectivity index (χ3n) is 4.68. The van der Waals surface area contributed by atoms with Gasteiger partial charge < -0.3 is 4.57 Å². The SMILES string of the molecule is Cc1cnc2c(c1)nc(C(C)Cl)n2CC1CCC(C)CC1. The van der Waals surface area contributed by atoms with E-state index < -0.39 is 0 Å². The highest BCUT2D eigenvalue weighted by molar-refractivity contribution is 6.20. The summed E-state index contributed by atoms with van der Waals surface area (Å²) in [6, 6.07) is 2.10. The molecular formula is C17H24ClN3. The molecule has 0 aliphatic heterocycles. The maximum Gasteiger partial charge on any atom is 0.160 e. The van der Waals surface area contributed by atoms with E-state index in [1.165, 1.54) is 25.7 Å². The van der Waals surface area contributed by atoms with Gasteiger partial charge in [-0.2, -0.15) is 0 Å². The molecule has 1 aliphatic carbocycles. The van der Waals surface area contributed by atoms with Crippen molar-refractivity contribution in [3.63, 3.8) is 0 Å². The largest absolute Gasteiger partial charge is 0.311 e. The van der Waals surface area contributed by atoms with E-state index in [4.69, 9.17) is 16.6 Å². The third kappa shape index (κ3) is 3.08. The van der Waals surface area contributed by atoms with Crippen LogP contribution >= 0.6 is 11.6 Å². The molecule has 0 aromatic carbocycles. The van der Waals surface area contributed by atoms with Crippen molar-refractivity contribution in [1.82, 2.24) is 14.5 Å². The molecule has 0 bridgehead atoms. The van der Waals surface area contributed by atoms with Crippen LogP contribution in [0.2, 0.25) is 0 Å². The minimum atomic E-state index is -0.0815. The molecule has 1 saturated carbocycles. The molecule has 1 aliphatic rings. The first-order chi connectivity index (χ1) is 10.0. The summed E-state index contributed by atoms with van der Waals surface area (Å²) < 4.78 is 2.26. The maximum atomic E-state index is 6.35. The number of halogens is 1. The molecule has 0 N–H and O–H groups in total. The predicted octanol–water partition coefficient (Wildman–Crippen LogP) is 4.87. The average molecular weight is 306 g/mol. The van der Waals surface area contributed by atoms with Crippen LogP contribution in [0.5, 0.6) is 0 Å². The maximum absolute atomic E-state index is 6.35. The lowest BCUT2D eigenvalue weighted by Crippen LogP contribution is -2.19. The fourth-order valence-corrected chi connectivity index (χ4v) is 3.55. The lowest BCUT2D eigenvalue weighted by molar-refractivity contribution is 0.264. The van der Waals surface area contributed by atoms with Crippen LogP contribution in [0.3, 0.4) is 0 Å². The number of fused-ring (bicyclic) bond motifs is 1. The van der Waals surface area contributed by atoms with E-state index in [1.54, 1.807) is 0 Å². The molecule has 4 heteroatoms. The Bertz CT molecular complexity index is 624. The van der Waals surface area contributed by atoms with Crippen molar-refractivity contribution in [2.24, 2.45) is 11.8 Å². The van der Waals surface area contributed by atoms with Crippen molar-refractivity contribution in [3.05, 3.63) is 23.7 Å². The Balaban J connectivity index is 1.93. The van der Waals surface area contributed by atoms with Crippen molar-refractivity contribution in [3.8, 4) is 0 Å². The standard InChI is InChI=1S/C17H24ClN3/c1-11-4-6-14(7-5-11)10-21-16(13(3)18)20-15-8-12(2)9-19-17(15)21/h8-9,11,13-14H,4-7,10H2,1-3H3. The molecule has 0 radical (unpaired) electrons. The van der Waals surface area contributed by atoms with Gasteiger partial charge in [0.2, 0.25) is 0 Å². The number of rotatable bonds is 3. The van der Waals surface area contributed by atoms with Crippen LogP contribution in [-0.2, 0) is 6.54 Å². The summed E-state index contributed by atoms with van der Waals surface area (Å²) in [4.78, 5) is 9.33. The van der Waals surface area contributed by atoms with Crippen LogP contribution in [0, 0.1) is 18.8 Å². The van der Waals surface area contributed by atoms with Gasteiger partial charge in [-0.3, -0.25) is 0 Å². The minimum absolute atomic E-state index is 0.0815. The molecule has 1 fully saturated rings.